The molecular formula is C18H28N4O3. The van der Waals surface area contributed by atoms with Gasteiger partial charge in [-0.2, -0.15) is 0 Å². The summed E-state index contributed by atoms with van der Waals surface area (Å²) in [6.07, 6.45) is 6.17. The minimum Gasteiger partial charge on any atom is -0.376 e. The zero-order chi connectivity index (χ0) is 18.2. The number of rotatable bonds is 8. The van der Waals surface area contributed by atoms with Crippen LogP contribution in [0.5, 0.6) is 0 Å². The normalized spacial score (nSPS) is 18.0. The second-order valence-electron chi connectivity index (χ2n) is 6.56. The molecule has 1 saturated heterocycles. The van der Waals surface area contributed by atoms with Crippen LogP contribution in [-0.4, -0.2) is 58.5 Å². The van der Waals surface area contributed by atoms with E-state index in [1.807, 2.05) is 20.8 Å². The molecule has 0 bridgehead atoms. The van der Waals surface area contributed by atoms with Crippen LogP contribution in [0.1, 0.15) is 55.7 Å². The van der Waals surface area contributed by atoms with Crippen LogP contribution in [0.4, 0.5) is 0 Å². The highest BCUT2D eigenvalue weighted by molar-refractivity contribution is 5.92. The van der Waals surface area contributed by atoms with Gasteiger partial charge in [-0.25, -0.2) is 4.98 Å². The van der Waals surface area contributed by atoms with E-state index in [4.69, 9.17) is 4.74 Å². The van der Waals surface area contributed by atoms with Crippen LogP contribution in [-0.2, 0) is 9.53 Å². The first-order valence-electron chi connectivity index (χ1n) is 8.98. The van der Waals surface area contributed by atoms with E-state index in [1.54, 1.807) is 11.1 Å². The molecule has 0 saturated carbocycles. The van der Waals surface area contributed by atoms with Crippen LogP contribution in [0.3, 0.4) is 0 Å². The molecule has 1 fully saturated rings. The number of nitrogens with zero attached hydrogens (tertiary/aromatic N) is 3. The van der Waals surface area contributed by atoms with Crippen molar-refractivity contribution in [2.45, 2.75) is 58.6 Å². The van der Waals surface area contributed by atoms with Crippen molar-refractivity contribution in [2.24, 2.45) is 0 Å². The maximum absolute atomic E-state index is 12.8. The largest absolute Gasteiger partial charge is 0.376 e. The van der Waals surface area contributed by atoms with E-state index in [0.29, 0.717) is 18.8 Å². The van der Waals surface area contributed by atoms with Crippen LogP contribution in [0, 0.1) is 6.92 Å². The Balaban J connectivity index is 2.00. The molecule has 1 aliphatic rings. The lowest BCUT2D eigenvalue weighted by atomic mass is 10.2. The van der Waals surface area contributed by atoms with Gasteiger partial charge in [0.1, 0.15) is 5.69 Å². The third kappa shape index (κ3) is 6.08. The van der Waals surface area contributed by atoms with Gasteiger partial charge in [0.05, 0.1) is 18.0 Å². The summed E-state index contributed by atoms with van der Waals surface area (Å²) in [5.74, 6) is -0.256. The number of hydrogen-bond acceptors (Lipinski definition) is 5. The zero-order valence-corrected chi connectivity index (χ0v) is 15.3. The lowest BCUT2D eigenvalue weighted by Gasteiger charge is -2.25. The van der Waals surface area contributed by atoms with Gasteiger partial charge in [-0.1, -0.05) is 6.92 Å². The van der Waals surface area contributed by atoms with Gasteiger partial charge >= 0.3 is 0 Å². The number of hydrogen-bond donors (Lipinski definition) is 1. The molecule has 1 aliphatic heterocycles. The second kappa shape index (κ2) is 9.46. The summed E-state index contributed by atoms with van der Waals surface area (Å²) in [7, 11) is 0. The Morgan fingerprint density at radius 3 is 2.80 bits per heavy atom. The number of aromatic nitrogens is 2. The van der Waals surface area contributed by atoms with Crippen molar-refractivity contribution in [3.05, 3.63) is 23.8 Å². The van der Waals surface area contributed by atoms with Gasteiger partial charge in [-0.05, 0) is 33.1 Å². The third-order valence-electron chi connectivity index (χ3n) is 4.36. The Kier molecular flexibility index (Phi) is 7.31. The van der Waals surface area contributed by atoms with Crippen molar-refractivity contribution in [3.8, 4) is 0 Å². The molecule has 2 rings (SSSR count). The number of amides is 2. The van der Waals surface area contributed by atoms with Gasteiger partial charge in [0.25, 0.3) is 5.91 Å². The second-order valence-corrected chi connectivity index (χ2v) is 6.56. The molecule has 1 N–H and O–H groups in total. The third-order valence-corrected chi connectivity index (χ3v) is 4.36. The number of aryl methyl sites for hydroxylation is 1. The molecule has 2 heterocycles. The summed E-state index contributed by atoms with van der Waals surface area (Å²) >= 11 is 0. The first-order valence-corrected chi connectivity index (χ1v) is 8.98. The zero-order valence-electron chi connectivity index (χ0n) is 15.3. The molecule has 7 nitrogen and oxygen atoms in total. The molecule has 0 unspecified atom stereocenters. The highest BCUT2D eigenvalue weighted by Crippen LogP contribution is 2.15. The molecular weight excluding hydrogens is 320 g/mol. The Morgan fingerprint density at radius 2 is 2.20 bits per heavy atom. The van der Waals surface area contributed by atoms with Gasteiger partial charge < -0.3 is 15.0 Å². The first kappa shape index (κ1) is 19.3. The molecule has 2 amide bonds. The average Bonchev–Trinajstić information content (AvgIpc) is 3.11. The predicted molar refractivity (Wildman–Crippen MR) is 94.2 cm³/mol. The Hall–Kier alpha value is -2.02. The number of carbonyl (C=O) groups excluding carboxylic acids is 2. The highest BCUT2D eigenvalue weighted by atomic mass is 16.5. The predicted octanol–water partition coefficient (Wildman–Crippen LogP) is 1.71. The number of nitrogens with one attached hydrogen (secondary N) is 1. The van der Waals surface area contributed by atoms with E-state index in [-0.39, 0.29) is 30.4 Å². The Morgan fingerprint density at radius 1 is 1.40 bits per heavy atom. The molecule has 138 valence electrons. The summed E-state index contributed by atoms with van der Waals surface area (Å²) in [6.45, 7) is 7.36. The van der Waals surface area contributed by atoms with E-state index in [2.05, 4.69) is 15.3 Å². The van der Waals surface area contributed by atoms with Crippen molar-refractivity contribution in [1.29, 1.82) is 0 Å². The summed E-state index contributed by atoms with van der Waals surface area (Å²) in [6, 6.07) is 0.137. The molecule has 0 spiro atoms. The SMILES string of the molecule is CC[C@@H](C)NC(=O)CCN(C[C@@H]1CCCO1)C(=O)c1cnc(C)cn1. The fourth-order valence-electron chi connectivity index (χ4n) is 2.66. The van der Waals surface area contributed by atoms with Crippen molar-refractivity contribution in [3.63, 3.8) is 0 Å². The molecule has 1 aromatic heterocycles. The Bertz CT molecular complexity index is 570. The van der Waals surface area contributed by atoms with E-state index >= 15 is 0 Å². The van der Waals surface area contributed by atoms with Crippen molar-refractivity contribution in [2.75, 3.05) is 19.7 Å². The van der Waals surface area contributed by atoms with Crippen LogP contribution < -0.4 is 5.32 Å². The molecule has 1 aromatic rings. The summed E-state index contributed by atoms with van der Waals surface area (Å²) in [5.41, 5.74) is 1.06. The van der Waals surface area contributed by atoms with Gasteiger partial charge in [-0.3, -0.25) is 14.6 Å². The highest BCUT2D eigenvalue weighted by Gasteiger charge is 2.25. The maximum Gasteiger partial charge on any atom is 0.274 e. The molecule has 7 heteroatoms. The Labute approximate surface area is 149 Å². The first-order chi connectivity index (χ1) is 12.0. The van der Waals surface area contributed by atoms with Gasteiger partial charge in [-0.15, -0.1) is 0 Å². The number of carbonyl (C=O) groups is 2. The monoisotopic (exact) mass is 348 g/mol. The average molecular weight is 348 g/mol. The van der Waals surface area contributed by atoms with E-state index in [9.17, 15) is 9.59 Å². The summed E-state index contributed by atoms with van der Waals surface area (Å²) < 4.78 is 5.65. The minimum atomic E-state index is -0.209. The van der Waals surface area contributed by atoms with Gasteiger partial charge in [0, 0.05) is 38.4 Å². The van der Waals surface area contributed by atoms with Gasteiger partial charge in [0.2, 0.25) is 5.91 Å². The smallest absolute Gasteiger partial charge is 0.274 e. The van der Waals surface area contributed by atoms with Crippen LogP contribution in [0.2, 0.25) is 0 Å². The van der Waals surface area contributed by atoms with E-state index < -0.39 is 0 Å². The summed E-state index contributed by atoms with van der Waals surface area (Å²) in [5, 5.41) is 2.93. The quantitative estimate of drug-likeness (QED) is 0.773. The lowest BCUT2D eigenvalue weighted by Crippen LogP contribution is -2.41. The van der Waals surface area contributed by atoms with Crippen molar-refractivity contribution < 1.29 is 14.3 Å². The maximum atomic E-state index is 12.8. The van der Waals surface area contributed by atoms with E-state index in [1.165, 1.54) is 6.20 Å². The van der Waals surface area contributed by atoms with Gasteiger partial charge in [0.15, 0.2) is 0 Å². The van der Waals surface area contributed by atoms with Crippen molar-refractivity contribution >= 4 is 11.8 Å². The molecule has 0 radical (unpaired) electrons. The summed E-state index contributed by atoms with van der Waals surface area (Å²) in [4.78, 5) is 34.8. The molecule has 25 heavy (non-hydrogen) atoms. The van der Waals surface area contributed by atoms with Crippen LogP contribution in [0.15, 0.2) is 12.4 Å². The molecule has 2 atom stereocenters. The van der Waals surface area contributed by atoms with Crippen LogP contribution in [0.25, 0.3) is 0 Å². The van der Waals surface area contributed by atoms with E-state index in [0.717, 1.165) is 31.6 Å². The molecule has 0 aliphatic carbocycles. The fourth-order valence-corrected chi connectivity index (χ4v) is 2.66. The topological polar surface area (TPSA) is 84.4 Å². The van der Waals surface area contributed by atoms with Crippen molar-refractivity contribution in [1.82, 2.24) is 20.2 Å². The fraction of sp³-hybridized carbons (Fsp3) is 0.667. The molecule has 0 aromatic carbocycles. The number of ether oxygens (including phenoxy) is 1. The van der Waals surface area contributed by atoms with Crippen LogP contribution >= 0.6 is 0 Å². The minimum absolute atomic E-state index is 0.0278. The standard InChI is InChI=1S/C18H28N4O3/c1-4-13(2)21-17(23)7-8-22(12-15-6-5-9-25-15)18(24)16-11-19-14(3)10-20-16/h10-11,13,15H,4-9,12H2,1-3H3,(H,21,23)/t13-,15+/m1/s1. The lowest BCUT2D eigenvalue weighted by molar-refractivity contribution is -0.122.